The molecular weight excluding hydrogens is 276 g/mol. The van der Waals surface area contributed by atoms with Gasteiger partial charge >= 0.3 is 11.9 Å². The summed E-state index contributed by atoms with van der Waals surface area (Å²) in [4.78, 5) is 35.8. The predicted octanol–water partition coefficient (Wildman–Crippen LogP) is 1.79. The number of rotatable bonds is 6. The molecule has 6 nitrogen and oxygen atoms in total. The van der Waals surface area contributed by atoms with Crippen molar-refractivity contribution < 1.29 is 29.0 Å². The standard InChI is InChI=1S/C15H22O6/c1-4-5-6-7-9-10(14(18)20-2)8-11(16)13(17)12(9)15(19)21-3/h8-10,12,16H,4-7H2,1-3H3. The number of ketones is 1. The van der Waals surface area contributed by atoms with E-state index in [2.05, 4.69) is 4.74 Å². The smallest absolute Gasteiger partial charge is 0.317 e. The monoisotopic (exact) mass is 298 g/mol. The van der Waals surface area contributed by atoms with Gasteiger partial charge < -0.3 is 14.6 Å². The van der Waals surface area contributed by atoms with Crippen LogP contribution in [0.25, 0.3) is 0 Å². The molecule has 0 spiro atoms. The van der Waals surface area contributed by atoms with Crippen LogP contribution in [0.1, 0.15) is 32.6 Å². The molecule has 0 aliphatic heterocycles. The lowest BCUT2D eigenvalue weighted by Crippen LogP contribution is -2.43. The summed E-state index contributed by atoms with van der Waals surface area (Å²) in [6.45, 7) is 2.04. The van der Waals surface area contributed by atoms with Crippen LogP contribution in [-0.2, 0) is 23.9 Å². The van der Waals surface area contributed by atoms with Crippen LogP contribution in [0.5, 0.6) is 0 Å². The van der Waals surface area contributed by atoms with Crippen LogP contribution in [0.4, 0.5) is 0 Å². The van der Waals surface area contributed by atoms with Gasteiger partial charge in [-0.05, 0) is 18.4 Å². The number of allylic oxidation sites excluding steroid dienone is 1. The Bertz CT molecular complexity index is 439. The fourth-order valence-corrected chi connectivity index (χ4v) is 2.70. The van der Waals surface area contributed by atoms with Gasteiger partial charge in [0.2, 0.25) is 5.78 Å². The first-order valence-corrected chi connectivity index (χ1v) is 7.08. The molecule has 0 saturated heterocycles. The number of hydrogen-bond donors (Lipinski definition) is 1. The summed E-state index contributed by atoms with van der Waals surface area (Å²) < 4.78 is 9.37. The number of carbonyl (C=O) groups excluding carboxylic acids is 3. The number of unbranched alkanes of at least 4 members (excludes halogenated alkanes) is 2. The molecule has 1 rings (SSSR count). The Kier molecular flexibility index (Phi) is 6.39. The molecule has 1 aliphatic rings. The molecule has 118 valence electrons. The number of ether oxygens (including phenoxy) is 2. The Hall–Kier alpha value is -1.85. The highest BCUT2D eigenvalue weighted by Crippen LogP contribution is 2.36. The molecule has 1 aliphatic carbocycles. The molecule has 0 aromatic carbocycles. The summed E-state index contributed by atoms with van der Waals surface area (Å²) in [5.74, 6) is -5.06. The molecule has 0 amide bonds. The van der Waals surface area contributed by atoms with Gasteiger partial charge in [-0.2, -0.15) is 0 Å². The maximum absolute atomic E-state index is 12.1. The van der Waals surface area contributed by atoms with Gasteiger partial charge in [-0.1, -0.05) is 26.2 Å². The summed E-state index contributed by atoms with van der Waals surface area (Å²) in [5, 5.41) is 9.69. The molecule has 21 heavy (non-hydrogen) atoms. The molecule has 0 saturated carbocycles. The Morgan fingerprint density at radius 1 is 1.19 bits per heavy atom. The topological polar surface area (TPSA) is 89.9 Å². The summed E-state index contributed by atoms with van der Waals surface area (Å²) in [5.41, 5.74) is 0. The van der Waals surface area contributed by atoms with E-state index in [1.54, 1.807) is 0 Å². The fraction of sp³-hybridized carbons (Fsp3) is 0.667. The molecule has 0 aromatic rings. The van der Waals surface area contributed by atoms with Crippen LogP contribution in [0.2, 0.25) is 0 Å². The zero-order valence-electron chi connectivity index (χ0n) is 12.6. The van der Waals surface area contributed by atoms with Crippen LogP contribution in [-0.4, -0.2) is 37.0 Å². The third-order valence-electron chi connectivity index (χ3n) is 3.83. The number of Topliss-reactive ketones (excluding diaryl/α,β-unsaturated/α-hetero) is 1. The Morgan fingerprint density at radius 2 is 1.81 bits per heavy atom. The Morgan fingerprint density at radius 3 is 2.33 bits per heavy atom. The lowest BCUT2D eigenvalue weighted by Gasteiger charge is -2.31. The summed E-state index contributed by atoms with van der Waals surface area (Å²) in [6.07, 6.45) is 4.40. The SMILES string of the molecule is CCCCCC1C(C(=O)OC)C=C(O)C(=O)C1C(=O)OC. The molecule has 1 N–H and O–H groups in total. The van der Waals surface area contributed by atoms with Gasteiger partial charge in [0, 0.05) is 0 Å². The van der Waals surface area contributed by atoms with Crippen molar-refractivity contribution in [3.8, 4) is 0 Å². The van der Waals surface area contributed by atoms with Crippen LogP contribution < -0.4 is 0 Å². The van der Waals surface area contributed by atoms with Crippen LogP contribution in [0.3, 0.4) is 0 Å². The maximum atomic E-state index is 12.1. The molecule has 0 aromatic heterocycles. The Labute approximate surface area is 124 Å². The third kappa shape index (κ3) is 3.83. The van der Waals surface area contributed by atoms with E-state index in [0.29, 0.717) is 6.42 Å². The molecule has 0 heterocycles. The molecule has 0 fully saturated rings. The van der Waals surface area contributed by atoms with E-state index in [-0.39, 0.29) is 0 Å². The Balaban J connectivity index is 3.11. The minimum absolute atomic E-state index is 0.517. The van der Waals surface area contributed by atoms with Gasteiger partial charge in [-0.15, -0.1) is 0 Å². The van der Waals surface area contributed by atoms with Gasteiger partial charge in [0.05, 0.1) is 20.1 Å². The fourth-order valence-electron chi connectivity index (χ4n) is 2.70. The zero-order chi connectivity index (χ0) is 16.0. The molecule has 6 heteroatoms. The van der Waals surface area contributed by atoms with Crippen LogP contribution in [0.15, 0.2) is 11.8 Å². The summed E-state index contributed by atoms with van der Waals surface area (Å²) >= 11 is 0. The molecule has 0 bridgehead atoms. The van der Waals surface area contributed by atoms with Crippen molar-refractivity contribution in [3.05, 3.63) is 11.8 Å². The summed E-state index contributed by atoms with van der Waals surface area (Å²) in [6, 6.07) is 0. The first kappa shape index (κ1) is 17.2. The van der Waals surface area contributed by atoms with Gasteiger partial charge in [-0.25, -0.2) is 0 Å². The molecular formula is C15H22O6. The van der Waals surface area contributed by atoms with E-state index >= 15 is 0 Å². The zero-order valence-corrected chi connectivity index (χ0v) is 12.6. The number of hydrogen-bond acceptors (Lipinski definition) is 6. The minimum atomic E-state index is -1.15. The van der Waals surface area contributed by atoms with Gasteiger partial charge in [0.25, 0.3) is 0 Å². The highest BCUT2D eigenvalue weighted by Gasteiger charge is 2.47. The van der Waals surface area contributed by atoms with Crippen molar-refractivity contribution in [3.63, 3.8) is 0 Å². The molecule has 3 unspecified atom stereocenters. The lowest BCUT2D eigenvalue weighted by molar-refractivity contribution is -0.156. The molecule has 0 radical (unpaired) electrons. The van der Waals surface area contributed by atoms with Crippen molar-refractivity contribution in [1.29, 1.82) is 0 Å². The number of methoxy groups -OCH3 is 2. The number of aliphatic hydroxyl groups is 1. The van der Waals surface area contributed by atoms with Crippen molar-refractivity contribution in [1.82, 2.24) is 0 Å². The van der Waals surface area contributed by atoms with Crippen molar-refractivity contribution in [2.24, 2.45) is 17.8 Å². The van der Waals surface area contributed by atoms with Gasteiger partial charge in [-0.3, -0.25) is 14.4 Å². The van der Waals surface area contributed by atoms with Gasteiger partial charge in [0.15, 0.2) is 5.76 Å². The number of carbonyl (C=O) groups is 3. The highest BCUT2D eigenvalue weighted by molar-refractivity contribution is 6.08. The lowest BCUT2D eigenvalue weighted by atomic mass is 9.72. The second-order valence-corrected chi connectivity index (χ2v) is 5.13. The van der Waals surface area contributed by atoms with Crippen LogP contribution in [0, 0.1) is 17.8 Å². The second kappa shape index (κ2) is 7.81. The minimum Gasteiger partial charge on any atom is -0.505 e. The summed E-state index contributed by atoms with van der Waals surface area (Å²) in [7, 11) is 2.42. The average molecular weight is 298 g/mol. The number of esters is 2. The maximum Gasteiger partial charge on any atom is 0.317 e. The van der Waals surface area contributed by atoms with E-state index in [0.717, 1.165) is 19.3 Å². The quantitative estimate of drug-likeness (QED) is 0.457. The molecule has 3 atom stereocenters. The normalized spacial score (nSPS) is 25.2. The average Bonchev–Trinajstić information content (AvgIpc) is 2.49. The first-order valence-electron chi connectivity index (χ1n) is 7.08. The highest BCUT2D eigenvalue weighted by atomic mass is 16.5. The largest absolute Gasteiger partial charge is 0.505 e. The van der Waals surface area contributed by atoms with Crippen molar-refractivity contribution in [2.75, 3.05) is 14.2 Å². The van der Waals surface area contributed by atoms with Crippen LogP contribution >= 0.6 is 0 Å². The van der Waals surface area contributed by atoms with E-state index in [1.807, 2.05) is 6.92 Å². The van der Waals surface area contributed by atoms with E-state index in [1.165, 1.54) is 20.3 Å². The van der Waals surface area contributed by atoms with Gasteiger partial charge in [0.1, 0.15) is 5.92 Å². The van der Waals surface area contributed by atoms with E-state index in [9.17, 15) is 19.5 Å². The number of aliphatic hydroxyl groups excluding tert-OH is 1. The first-order chi connectivity index (χ1) is 9.97. The van der Waals surface area contributed by atoms with E-state index in [4.69, 9.17) is 4.74 Å². The van der Waals surface area contributed by atoms with E-state index < -0.39 is 41.2 Å². The second-order valence-electron chi connectivity index (χ2n) is 5.13. The third-order valence-corrected chi connectivity index (χ3v) is 3.83. The predicted molar refractivity (Wildman–Crippen MR) is 74.4 cm³/mol. The van der Waals surface area contributed by atoms with Crippen molar-refractivity contribution >= 4 is 17.7 Å². The van der Waals surface area contributed by atoms with Crippen molar-refractivity contribution in [2.45, 2.75) is 32.6 Å².